The van der Waals surface area contributed by atoms with Crippen LogP contribution in [0.1, 0.15) is 50.2 Å². The number of rotatable bonds is 21. The number of benzene rings is 1. The number of hydrogen-bond donors (Lipinski definition) is 0. The molecular weight excluding hydrogens is 612 g/mol. The summed E-state index contributed by atoms with van der Waals surface area (Å²) in [6.45, 7) is 21.8. The van der Waals surface area contributed by atoms with E-state index in [0.717, 1.165) is 16.7 Å². The average molecular weight is 660 g/mol. The summed E-state index contributed by atoms with van der Waals surface area (Å²) in [5.74, 6) is 0. The van der Waals surface area contributed by atoms with Gasteiger partial charge in [-0.2, -0.15) is 0 Å². The maximum Gasteiger partial charge on any atom is 0.108 e. The summed E-state index contributed by atoms with van der Waals surface area (Å²) in [5, 5.41) is 18.0. The van der Waals surface area contributed by atoms with Crippen molar-refractivity contribution in [2.45, 2.75) is 73.1 Å². The molecule has 0 aliphatic carbocycles. The van der Waals surface area contributed by atoms with Gasteiger partial charge in [0.15, 0.2) is 0 Å². The molecule has 0 aliphatic heterocycles. The fourth-order valence-corrected chi connectivity index (χ4v) is 4.72. The van der Waals surface area contributed by atoms with Crippen molar-refractivity contribution in [2.24, 2.45) is 10.8 Å². The highest BCUT2D eigenvalue weighted by Crippen LogP contribution is 2.28. The Morgan fingerprint density at radius 2 is 1.33 bits per heavy atom. The van der Waals surface area contributed by atoms with Crippen molar-refractivity contribution in [2.75, 3.05) is 31.8 Å². The molecule has 0 saturated carbocycles. The zero-order valence-electron chi connectivity index (χ0n) is 26.2. The molecule has 0 unspecified atom stereocenters. The van der Waals surface area contributed by atoms with E-state index in [1.54, 1.807) is 12.2 Å². The molecule has 0 N–H and O–H groups in total. The standard InChI is InChI=1S/C32H47BrN6O4/c1-8-14-42-29(31(4,5)23-33)21-40-20-28-18-39(37-35-28)24-32(6,7)30(43-15-9-2)22-41-19-27-17-38(36-34-27)16-26-12-10-25(3)11-13-26/h8-13,17-18,29-30H,1-2,14-16,19-24H2,3-7H3/t29-,30-/m1/s1. The molecule has 43 heavy (non-hydrogen) atoms. The number of alkyl halides is 1. The lowest BCUT2D eigenvalue weighted by molar-refractivity contribution is -0.0766. The van der Waals surface area contributed by atoms with E-state index in [1.165, 1.54) is 11.1 Å². The first-order valence-electron chi connectivity index (χ1n) is 14.6. The molecule has 3 aromatic rings. The monoisotopic (exact) mass is 658 g/mol. The van der Waals surface area contributed by atoms with Gasteiger partial charge in [-0.05, 0) is 12.5 Å². The minimum Gasteiger partial charge on any atom is -0.372 e. The second-order valence-corrected chi connectivity index (χ2v) is 12.7. The lowest BCUT2D eigenvalue weighted by Crippen LogP contribution is -2.39. The summed E-state index contributed by atoms with van der Waals surface area (Å²) in [6.07, 6.45) is 7.02. The van der Waals surface area contributed by atoms with Crippen LogP contribution in [0.4, 0.5) is 0 Å². The molecule has 0 aliphatic rings. The molecule has 3 rings (SSSR count). The van der Waals surface area contributed by atoms with E-state index in [4.69, 9.17) is 18.9 Å². The van der Waals surface area contributed by atoms with Crippen molar-refractivity contribution < 1.29 is 18.9 Å². The molecule has 0 radical (unpaired) electrons. The Bertz CT molecular complexity index is 1260. The highest BCUT2D eigenvalue weighted by Gasteiger charge is 2.32. The number of nitrogens with zero attached hydrogens (tertiary/aromatic N) is 6. The number of aromatic nitrogens is 6. The molecule has 0 amide bonds. The van der Waals surface area contributed by atoms with Gasteiger partial charge in [-0.25, -0.2) is 4.68 Å². The predicted molar refractivity (Wildman–Crippen MR) is 171 cm³/mol. The topological polar surface area (TPSA) is 98.3 Å². The molecule has 0 bridgehead atoms. The van der Waals surface area contributed by atoms with E-state index in [9.17, 15) is 0 Å². The van der Waals surface area contributed by atoms with Crippen LogP contribution in [-0.4, -0.2) is 74.0 Å². The summed E-state index contributed by atoms with van der Waals surface area (Å²) < 4.78 is 27.8. The normalized spacial score (nSPS) is 13.6. The molecule has 2 aromatic heterocycles. The Morgan fingerprint density at radius 3 is 1.86 bits per heavy atom. The summed E-state index contributed by atoms with van der Waals surface area (Å²) in [7, 11) is 0. The van der Waals surface area contributed by atoms with E-state index < -0.39 is 0 Å². The Hall–Kier alpha value is -2.70. The van der Waals surface area contributed by atoms with E-state index in [1.807, 2.05) is 21.8 Å². The van der Waals surface area contributed by atoms with Gasteiger partial charge in [0.05, 0.1) is 77.3 Å². The quantitative estimate of drug-likeness (QED) is 0.109. The zero-order valence-corrected chi connectivity index (χ0v) is 27.8. The summed E-state index contributed by atoms with van der Waals surface area (Å²) in [4.78, 5) is 0. The highest BCUT2D eigenvalue weighted by atomic mass is 79.9. The molecule has 0 spiro atoms. The molecule has 10 nitrogen and oxygen atoms in total. The minimum absolute atomic E-state index is 0.0839. The number of ether oxygens (including phenoxy) is 4. The van der Waals surface area contributed by atoms with E-state index >= 15 is 0 Å². The van der Waals surface area contributed by atoms with Gasteiger partial charge >= 0.3 is 0 Å². The first kappa shape index (κ1) is 34.8. The summed E-state index contributed by atoms with van der Waals surface area (Å²) in [5.41, 5.74) is 3.52. The molecule has 1 aromatic carbocycles. The number of aryl methyl sites for hydroxylation is 1. The SMILES string of the molecule is C=CCO[C@H](COCc1cn(CC(C)(C)[C@@H](COCc2cn(Cc3ccc(C)cc3)nn2)OCC=C)nn1)C(C)(C)CBr. The second-order valence-electron chi connectivity index (χ2n) is 12.2. The van der Waals surface area contributed by atoms with Crippen molar-refractivity contribution in [3.63, 3.8) is 0 Å². The predicted octanol–water partition coefficient (Wildman–Crippen LogP) is 5.55. The van der Waals surface area contributed by atoms with Crippen LogP contribution in [0.3, 0.4) is 0 Å². The van der Waals surface area contributed by atoms with Gasteiger partial charge in [0.1, 0.15) is 11.4 Å². The summed E-state index contributed by atoms with van der Waals surface area (Å²) >= 11 is 3.58. The van der Waals surface area contributed by atoms with Gasteiger partial charge in [0.25, 0.3) is 0 Å². The van der Waals surface area contributed by atoms with Crippen molar-refractivity contribution in [1.82, 2.24) is 30.0 Å². The van der Waals surface area contributed by atoms with Crippen molar-refractivity contribution in [1.29, 1.82) is 0 Å². The first-order valence-corrected chi connectivity index (χ1v) is 15.7. The molecular formula is C32H47BrN6O4. The summed E-state index contributed by atoms with van der Waals surface area (Å²) in [6, 6.07) is 8.40. The Labute approximate surface area is 264 Å². The molecule has 11 heteroatoms. The Kier molecular flexibility index (Phi) is 13.7. The van der Waals surface area contributed by atoms with E-state index in [0.29, 0.717) is 52.7 Å². The van der Waals surface area contributed by atoms with Crippen LogP contribution in [0.2, 0.25) is 0 Å². The van der Waals surface area contributed by atoms with Crippen LogP contribution in [0.5, 0.6) is 0 Å². The Balaban J connectivity index is 1.51. The lowest BCUT2D eigenvalue weighted by Gasteiger charge is -2.33. The third-order valence-electron chi connectivity index (χ3n) is 7.16. The first-order chi connectivity index (χ1) is 20.6. The largest absolute Gasteiger partial charge is 0.372 e. The zero-order chi connectivity index (χ0) is 31.3. The maximum atomic E-state index is 6.14. The van der Waals surface area contributed by atoms with E-state index in [-0.39, 0.29) is 23.0 Å². The fourth-order valence-electron chi connectivity index (χ4n) is 4.36. The maximum absolute atomic E-state index is 6.14. The molecule has 2 heterocycles. The van der Waals surface area contributed by atoms with Crippen molar-refractivity contribution in [3.05, 3.63) is 84.5 Å². The van der Waals surface area contributed by atoms with Crippen LogP contribution in [0, 0.1) is 17.8 Å². The van der Waals surface area contributed by atoms with Crippen LogP contribution in [0.25, 0.3) is 0 Å². The van der Waals surface area contributed by atoms with Gasteiger partial charge in [-0.3, -0.25) is 4.68 Å². The third kappa shape index (κ3) is 11.4. The lowest BCUT2D eigenvalue weighted by atomic mass is 9.86. The van der Waals surface area contributed by atoms with Gasteiger partial charge in [-0.15, -0.1) is 23.4 Å². The number of hydrogen-bond acceptors (Lipinski definition) is 8. The highest BCUT2D eigenvalue weighted by molar-refractivity contribution is 9.09. The van der Waals surface area contributed by atoms with Crippen LogP contribution in [-0.2, 0) is 45.3 Å². The van der Waals surface area contributed by atoms with Gasteiger partial charge in [0, 0.05) is 16.2 Å². The van der Waals surface area contributed by atoms with Crippen LogP contribution >= 0.6 is 15.9 Å². The van der Waals surface area contributed by atoms with Crippen molar-refractivity contribution in [3.8, 4) is 0 Å². The third-order valence-corrected chi connectivity index (χ3v) is 8.61. The number of halogens is 1. The van der Waals surface area contributed by atoms with Crippen LogP contribution in [0.15, 0.2) is 62.0 Å². The fraction of sp³-hybridized carbons (Fsp3) is 0.562. The molecule has 0 saturated heterocycles. The minimum atomic E-state index is -0.318. The van der Waals surface area contributed by atoms with Crippen molar-refractivity contribution >= 4 is 15.9 Å². The smallest absolute Gasteiger partial charge is 0.108 e. The second kappa shape index (κ2) is 17.0. The molecule has 236 valence electrons. The van der Waals surface area contributed by atoms with Gasteiger partial charge in [0.2, 0.25) is 0 Å². The Morgan fingerprint density at radius 1 is 0.814 bits per heavy atom. The molecule has 0 fully saturated rings. The van der Waals surface area contributed by atoms with Crippen LogP contribution < -0.4 is 0 Å². The molecule has 2 atom stereocenters. The van der Waals surface area contributed by atoms with E-state index in [2.05, 4.69) is 109 Å². The van der Waals surface area contributed by atoms with Gasteiger partial charge in [-0.1, -0.05) is 96.0 Å². The van der Waals surface area contributed by atoms with Gasteiger partial charge < -0.3 is 18.9 Å². The average Bonchev–Trinajstić information content (AvgIpc) is 3.62.